The van der Waals surface area contributed by atoms with Gasteiger partial charge in [0.15, 0.2) is 5.96 Å². The summed E-state index contributed by atoms with van der Waals surface area (Å²) in [4.78, 5) is 33.3. The van der Waals surface area contributed by atoms with E-state index < -0.39 is 0 Å². The van der Waals surface area contributed by atoms with Crippen LogP contribution < -0.4 is 20.5 Å². The molecule has 5 aliphatic rings. The van der Waals surface area contributed by atoms with E-state index in [0.717, 1.165) is 42.6 Å². The second kappa shape index (κ2) is 12.3. The molecule has 0 saturated heterocycles. The molecule has 5 heterocycles. The number of guanidine groups is 1. The maximum Gasteiger partial charge on any atom is 0.251 e. The number of nitrogens with zero attached hydrogens (tertiary/aromatic N) is 2. The average molecular weight is 549 g/mol. The van der Waals surface area contributed by atoms with E-state index in [1.807, 2.05) is 32.0 Å². The number of hydrogen-bond acceptors (Lipinski definition) is 7. The number of methoxy groups -OCH3 is 1. The Morgan fingerprint density at radius 3 is 2.65 bits per heavy atom. The van der Waals surface area contributed by atoms with Crippen molar-refractivity contribution in [2.24, 2.45) is 16.6 Å². The van der Waals surface area contributed by atoms with E-state index in [4.69, 9.17) is 24.9 Å². The van der Waals surface area contributed by atoms with E-state index in [1.54, 1.807) is 18.1 Å². The molecule has 3 unspecified atom stereocenters. The molecule has 40 heavy (non-hydrogen) atoms. The number of hydrogen-bond donors (Lipinski definition) is 2. The topological polar surface area (TPSA) is 115 Å². The van der Waals surface area contributed by atoms with Crippen molar-refractivity contribution >= 4 is 17.8 Å². The van der Waals surface area contributed by atoms with Crippen LogP contribution >= 0.6 is 0 Å². The summed E-state index contributed by atoms with van der Waals surface area (Å²) in [6.45, 7) is 5.39. The van der Waals surface area contributed by atoms with Gasteiger partial charge in [0.2, 0.25) is 5.91 Å². The molecule has 0 aliphatic carbocycles. The van der Waals surface area contributed by atoms with Gasteiger partial charge in [0.25, 0.3) is 5.91 Å². The van der Waals surface area contributed by atoms with Crippen molar-refractivity contribution in [3.63, 3.8) is 0 Å². The lowest BCUT2D eigenvalue weighted by Crippen LogP contribution is -2.50. The van der Waals surface area contributed by atoms with Crippen molar-refractivity contribution < 1.29 is 23.8 Å². The summed E-state index contributed by atoms with van der Waals surface area (Å²) in [6, 6.07) is 11.0. The van der Waals surface area contributed by atoms with Gasteiger partial charge in [0, 0.05) is 42.6 Å². The maximum atomic E-state index is 13.7. The van der Waals surface area contributed by atoms with Crippen LogP contribution in [0.1, 0.15) is 85.1 Å². The Balaban J connectivity index is 0.00000158. The van der Waals surface area contributed by atoms with Crippen molar-refractivity contribution in [2.45, 2.75) is 70.5 Å². The van der Waals surface area contributed by atoms with Crippen LogP contribution in [0.3, 0.4) is 0 Å². The lowest BCUT2D eigenvalue weighted by atomic mass is 9.88. The van der Waals surface area contributed by atoms with Gasteiger partial charge in [-0.05, 0) is 49.1 Å². The predicted molar refractivity (Wildman–Crippen MR) is 153 cm³/mol. The quantitative estimate of drug-likeness (QED) is 0.578. The Kier molecular flexibility index (Phi) is 8.59. The molecule has 9 nitrogen and oxygen atoms in total. The first kappa shape index (κ1) is 28.0. The summed E-state index contributed by atoms with van der Waals surface area (Å²) >= 11 is 0. The molecule has 6 bridgehead atoms. The average Bonchev–Trinajstić information content (AvgIpc) is 2.96. The first-order valence-electron chi connectivity index (χ1n) is 14.5. The van der Waals surface area contributed by atoms with Crippen molar-refractivity contribution in [1.82, 2.24) is 10.2 Å². The van der Waals surface area contributed by atoms with Crippen LogP contribution in [0.4, 0.5) is 0 Å². The van der Waals surface area contributed by atoms with Crippen LogP contribution in [-0.2, 0) is 16.0 Å². The standard InChI is InChI=1S/C29H34N4O5.C2H6/c1-36-15-19-16-38-25-8-6-17-4-2-3-5-20-14-26(34)33(29(30)31-20)23-10-11-37-24-9-7-18(13-21(23)24)28(35)32-27(19)22(25)12-17;1-2/h6-9,12-13,19-20,23,27H,2-5,10-11,14-16H2,1H3,(H2,30,31)(H,32,35);1-2H3/t19?,20?,23-,27?;/m1./s1. The smallest absolute Gasteiger partial charge is 0.251 e. The van der Waals surface area contributed by atoms with Gasteiger partial charge in [-0.2, -0.15) is 0 Å². The molecule has 5 aliphatic heterocycles. The first-order valence-corrected chi connectivity index (χ1v) is 14.5. The lowest BCUT2D eigenvalue weighted by Gasteiger charge is -2.38. The molecule has 2 aromatic rings. The molecular formula is C31H40N4O5. The van der Waals surface area contributed by atoms with Gasteiger partial charge in [-0.3, -0.25) is 14.5 Å². The van der Waals surface area contributed by atoms with E-state index in [-0.39, 0.29) is 41.8 Å². The van der Waals surface area contributed by atoms with Crippen LogP contribution in [0, 0.1) is 5.92 Å². The van der Waals surface area contributed by atoms with E-state index in [0.29, 0.717) is 44.0 Å². The number of benzene rings is 2. The van der Waals surface area contributed by atoms with Gasteiger partial charge in [0.05, 0.1) is 37.9 Å². The largest absolute Gasteiger partial charge is 0.493 e. The zero-order valence-corrected chi connectivity index (χ0v) is 23.7. The van der Waals surface area contributed by atoms with Crippen LogP contribution in [0.2, 0.25) is 0 Å². The number of fused-ring (bicyclic) bond motifs is 5. The molecule has 0 aromatic heterocycles. The number of aryl methyl sites for hydroxylation is 1. The molecular weight excluding hydrogens is 508 g/mol. The fraction of sp³-hybridized carbons (Fsp3) is 0.516. The summed E-state index contributed by atoms with van der Waals surface area (Å²) < 4.78 is 17.4. The van der Waals surface area contributed by atoms with Crippen LogP contribution in [0.15, 0.2) is 41.4 Å². The zero-order valence-electron chi connectivity index (χ0n) is 23.7. The first-order chi connectivity index (χ1) is 19.5. The Morgan fingerprint density at radius 1 is 1.05 bits per heavy atom. The minimum atomic E-state index is -0.324. The molecule has 4 atom stereocenters. The number of nitrogens with two attached hydrogens (primary N) is 1. The minimum absolute atomic E-state index is 0.0264. The molecule has 9 heteroatoms. The van der Waals surface area contributed by atoms with Gasteiger partial charge in [-0.25, -0.2) is 4.99 Å². The number of rotatable bonds is 2. The van der Waals surface area contributed by atoms with Crippen LogP contribution in [-0.4, -0.2) is 55.6 Å². The van der Waals surface area contributed by atoms with Crippen molar-refractivity contribution in [3.05, 3.63) is 58.7 Å². The maximum absolute atomic E-state index is 13.7. The molecule has 2 aromatic carbocycles. The van der Waals surface area contributed by atoms with Crippen LogP contribution in [0.25, 0.3) is 0 Å². The van der Waals surface area contributed by atoms with E-state index >= 15 is 0 Å². The Labute approximate surface area is 236 Å². The van der Waals surface area contributed by atoms with Crippen molar-refractivity contribution in [2.75, 3.05) is 26.9 Å². The molecule has 0 radical (unpaired) electrons. The number of aliphatic imine (C=N–C) groups is 1. The number of carbonyl (C=O) groups is 2. The highest BCUT2D eigenvalue weighted by Gasteiger charge is 2.38. The molecule has 2 amide bonds. The fourth-order valence-corrected chi connectivity index (χ4v) is 6.17. The Morgan fingerprint density at radius 2 is 1.85 bits per heavy atom. The lowest BCUT2D eigenvalue weighted by molar-refractivity contribution is -0.130. The molecule has 214 valence electrons. The number of carbonyl (C=O) groups excluding carboxylic acids is 2. The number of nitrogens with one attached hydrogen (secondary N) is 1. The minimum Gasteiger partial charge on any atom is -0.493 e. The second-order valence-corrected chi connectivity index (χ2v) is 10.6. The van der Waals surface area contributed by atoms with E-state index in [2.05, 4.69) is 17.4 Å². The highest BCUT2D eigenvalue weighted by atomic mass is 16.5. The summed E-state index contributed by atoms with van der Waals surface area (Å²) in [7, 11) is 1.66. The summed E-state index contributed by atoms with van der Waals surface area (Å²) in [5.41, 5.74) is 9.83. The number of amides is 2. The number of ether oxygens (including phenoxy) is 3. The fourth-order valence-electron chi connectivity index (χ4n) is 6.17. The van der Waals surface area contributed by atoms with Gasteiger partial charge in [-0.15, -0.1) is 0 Å². The highest BCUT2D eigenvalue weighted by Crippen LogP contribution is 2.40. The summed E-state index contributed by atoms with van der Waals surface area (Å²) in [5.74, 6) is 1.46. The Bertz CT molecular complexity index is 1280. The van der Waals surface area contributed by atoms with Gasteiger partial charge in [-0.1, -0.05) is 32.4 Å². The molecule has 0 spiro atoms. The van der Waals surface area contributed by atoms with Gasteiger partial charge < -0.3 is 25.3 Å². The zero-order chi connectivity index (χ0) is 28.2. The Hall–Kier alpha value is -3.59. The van der Waals surface area contributed by atoms with Gasteiger partial charge in [0.1, 0.15) is 11.5 Å². The third-order valence-electron chi connectivity index (χ3n) is 8.09. The normalized spacial score (nSPS) is 25.7. The molecule has 0 saturated carbocycles. The highest BCUT2D eigenvalue weighted by molar-refractivity contribution is 5.99. The predicted octanol–water partition coefficient (Wildman–Crippen LogP) is 4.30. The summed E-state index contributed by atoms with van der Waals surface area (Å²) in [5, 5.41) is 3.27. The van der Waals surface area contributed by atoms with E-state index in [1.165, 1.54) is 5.56 Å². The van der Waals surface area contributed by atoms with Crippen molar-refractivity contribution in [1.29, 1.82) is 0 Å². The second-order valence-electron chi connectivity index (χ2n) is 10.6. The van der Waals surface area contributed by atoms with Crippen molar-refractivity contribution in [3.8, 4) is 11.5 Å². The third-order valence-corrected chi connectivity index (χ3v) is 8.09. The van der Waals surface area contributed by atoms with E-state index in [9.17, 15) is 9.59 Å². The van der Waals surface area contributed by atoms with Gasteiger partial charge >= 0.3 is 0 Å². The van der Waals surface area contributed by atoms with Crippen LogP contribution in [0.5, 0.6) is 11.5 Å². The molecule has 0 fully saturated rings. The monoisotopic (exact) mass is 548 g/mol. The SMILES string of the molecule is CC.COCC1COc2ccc3cc2C1NC(=O)c1ccc2c(c1)[C@@H](CCO2)N1C(=O)CC(CCCC3)N=C1N. The summed E-state index contributed by atoms with van der Waals surface area (Å²) in [6.07, 6.45) is 4.54. The molecule has 3 N–H and O–H groups in total. The third kappa shape index (κ3) is 5.52. The molecule has 7 rings (SSSR count).